The maximum Gasteiger partial charge on any atom is 0.333 e. The first kappa shape index (κ1) is 32.8. The molecule has 0 radical (unpaired) electrons. The van der Waals surface area contributed by atoms with Crippen LogP contribution in [0.25, 0.3) is 0 Å². The molecule has 0 heterocycles. The highest BCUT2D eigenvalue weighted by atomic mass is 35.5. The van der Waals surface area contributed by atoms with E-state index in [1.807, 2.05) is 0 Å². The third kappa shape index (κ3) is 11.2. The Balaban J connectivity index is 1.58. The minimum atomic E-state index is -1.01. The summed E-state index contributed by atoms with van der Waals surface area (Å²) in [7, 11) is 0. The van der Waals surface area contributed by atoms with Gasteiger partial charge in [-0.05, 0) is 66.6 Å². The molecule has 41 heavy (non-hydrogen) atoms. The number of aliphatic carboxylic acids is 1. The van der Waals surface area contributed by atoms with E-state index >= 15 is 0 Å². The second-order valence-electron chi connectivity index (χ2n) is 8.85. The largest absolute Gasteiger partial charge is 0.492 e. The van der Waals surface area contributed by atoms with Crippen molar-refractivity contribution in [1.29, 1.82) is 0 Å². The smallest absolute Gasteiger partial charge is 0.333 e. The van der Waals surface area contributed by atoms with Gasteiger partial charge in [0.1, 0.15) is 12.4 Å². The predicted octanol–water partition coefficient (Wildman–Crippen LogP) is 7.46. The Bertz CT molecular complexity index is 1290. The molecule has 0 aliphatic heterocycles. The lowest BCUT2D eigenvalue weighted by atomic mass is 10.1. The number of carbonyl (C=O) groups is 2. The molecule has 2 amide bonds. The number of rotatable bonds is 15. The number of carbonyl (C=O) groups excluding carboxylic acids is 1. The van der Waals surface area contributed by atoms with Crippen LogP contribution in [0.3, 0.4) is 0 Å². The molecule has 12 heteroatoms. The standard InChI is InChI=1S/C29H30Cl4N2O6/c1-2-40-27(28(36)37)15-19-3-6-24(7-4-19)41-12-10-35(29(38)34-26-8-5-21(30)17-25(26)33)9-11-39-18-20-13-22(31)16-23(32)14-20/h3-8,13-14,16-17,27H,2,9-12,15,18H2,1H3,(H,34,38)(H,36,37). The van der Waals surface area contributed by atoms with E-state index in [9.17, 15) is 14.7 Å². The van der Waals surface area contributed by atoms with Gasteiger partial charge >= 0.3 is 12.0 Å². The molecule has 0 spiro atoms. The number of nitrogens with one attached hydrogen (secondary N) is 1. The minimum Gasteiger partial charge on any atom is -0.492 e. The Hall–Kier alpha value is -2.72. The number of hydrogen-bond donors (Lipinski definition) is 2. The summed E-state index contributed by atoms with van der Waals surface area (Å²) in [6.45, 7) is 3.28. The van der Waals surface area contributed by atoms with Crippen LogP contribution in [0.5, 0.6) is 5.75 Å². The van der Waals surface area contributed by atoms with Crippen molar-refractivity contribution in [2.45, 2.75) is 26.1 Å². The first-order valence-electron chi connectivity index (χ1n) is 12.7. The van der Waals surface area contributed by atoms with Crippen LogP contribution in [0.15, 0.2) is 60.7 Å². The van der Waals surface area contributed by atoms with E-state index in [0.717, 1.165) is 11.1 Å². The average molecular weight is 644 g/mol. The van der Waals surface area contributed by atoms with E-state index in [4.69, 9.17) is 60.6 Å². The Morgan fingerprint density at radius 2 is 1.56 bits per heavy atom. The van der Waals surface area contributed by atoms with E-state index in [1.165, 1.54) is 0 Å². The number of urea groups is 1. The molecular weight excluding hydrogens is 614 g/mol. The maximum atomic E-state index is 13.1. The number of halogens is 4. The van der Waals surface area contributed by atoms with Crippen LogP contribution in [0.2, 0.25) is 20.1 Å². The van der Waals surface area contributed by atoms with Crippen LogP contribution in [0, 0.1) is 0 Å². The van der Waals surface area contributed by atoms with Gasteiger partial charge in [-0.3, -0.25) is 0 Å². The molecule has 0 bridgehead atoms. The van der Waals surface area contributed by atoms with E-state index in [0.29, 0.717) is 38.1 Å². The summed E-state index contributed by atoms with van der Waals surface area (Å²) in [5.74, 6) is -0.432. The summed E-state index contributed by atoms with van der Waals surface area (Å²) in [4.78, 5) is 26.0. The number of ether oxygens (including phenoxy) is 3. The van der Waals surface area contributed by atoms with Crippen LogP contribution < -0.4 is 10.1 Å². The second-order valence-corrected chi connectivity index (χ2v) is 10.6. The van der Waals surface area contributed by atoms with Crippen molar-refractivity contribution in [3.8, 4) is 5.75 Å². The molecule has 0 aromatic heterocycles. The molecule has 220 valence electrons. The molecule has 3 rings (SSSR count). The van der Waals surface area contributed by atoms with Gasteiger partial charge in [0.2, 0.25) is 0 Å². The number of hydrogen-bond acceptors (Lipinski definition) is 5. The Labute approximate surface area is 259 Å². The van der Waals surface area contributed by atoms with Gasteiger partial charge < -0.3 is 29.5 Å². The number of carboxylic acids is 1. The highest BCUT2D eigenvalue weighted by molar-refractivity contribution is 6.36. The quantitative estimate of drug-likeness (QED) is 0.167. The normalized spacial score (nSPS) is 11.6. The van der Waals surface area contributed by atoms with Crippen molar-refractivity contribution in [3.63, 3.8) is 0 Å². The molecule has 2 N–H and O–H groups in total. The summed E-state index contributed by atoms with van der Waals surface area (Å²) < 4.78 is 16.9. The lowest BCUT2D eigenvalue weighted by molar-refractivity contribution is -0.149. The van der Waals surface area contributed by atoms with Gasteiger partial charge in [0.15, 0.2) is 6.10 Å². The SMILES string of the molecule is CCOC(Cc1ccc(OCCN(CCOCc2cc(Cl)cc(Cl)c2)C(=O)Nc2ccc(Cl)cc2Cl)cc1)C(=O)O. The summed E-state index contributed by atoms with van der Waals surface area (Å²) in [6, 6.07) is 16.6. The van der Waals surface area contributed by atoms with Crippen LogP contribution in [0.1, 0.15) is 18.1 Å². The Morgan fingerprint density at radius 1 is 0.878 bits per heavy atom. The average Bonchev–Trinajstić information content (AvgIpc) is 2.91. The lowest BCUT2D eigenvalue weighted by Crippen LogP contribution is -2.40. The highest BCUT2D eigenvalue weighted by Gasteiger charge is 2.18. The number of amides is 2. The maximum absolute atomic E-state index is 13.1. The third-order valence-corrected chi connectivity index (χ3v) is 6.76. The van der Waals surface area contributed by atoms with Crippen molar-refractivity contribution in [2.24, 2.45) is 0 Å². The summed E-state index contributed by atoms with van der Waals surface area (Å²) in [5, 5.41) is 13.9. The van der Waals surface area contributed by atoms with Crippen molar-refractivity contribution >= 4 is 64.1 Å². The zero-order chi connectivity index (χ0) is 29.8. The molecule has 0 aliphatic rings. The monoisotopic (exact) mass is 642 g/mol. The highest BCUT2D eigenvalue weighted by Crippen LogP contribution is 2.26. The number of benzene rings is 3. The molecule has 0 aliphatic carbocycles. The van der Waals surface area contributed by atoms with Gasteiger partial charge in [0.25, 0.3) is 0 Å². The molecule has 1 atom stereocenters. The van der Waals surface area contributed by atoms with E-state index in [2.05, 4.69) is 5.32 Å². The number of anilines is 1. The predicted molar refractivity (Wildman–Crippen MR) is 162 cm³/mol. The molecule has 8 nitrogen and oxygen atoms in total. The number of carboxylic acid groups (broad SMARTS) is 1. The molecular formula is C29H30Cl4N2O6. The number of nitrogens with zero attached hydrogens (tertiary/aromatic N) is 1. The Kier molecular flexibility index (Phi) is 13.3. The first-order valence-corrected chi connectivity index (χ1v) is 14.3. The zero-order valence-electron chi connectivity index (χ0n) is 22.2. The van der Waals surface area contributed by atoms with Gasteiger partial charge in [-0.15, -0.1) is 0 Å². The molecule has 3 aromatic rings. The van der Waals surface area contributed by atoms with Crippen LogP contribution in [0.4, 0.5) is 10.5 Å². The fourth-order valence-electron chi connectivity index (χ4n) is 3.79. The third-order valence-electron chi connectivity index (χ3n) is 5.77. The first-order chi connectivity index (χ1) is 19.6. The fourth-order valence-corrected chi connectivity index (χ4v) is 4.81. The van der Waals surface area contributed by atoms with Gasteiger partial charge in [0.05, 0.1) is 30.5 Å². The lowest BCUT2D eigenvalue weighted by Gasteiger charge is -2.23. The van der Waals surface area contributed by atoms with Crippen molar-refractivity contribution < 1.29 is 28.9 Å². The molecule has 0 saturated carbocycles. The van der Waals surface area contributed by atoms with E-state index in [1.54, 1.807) is 72.5 Å². The van der Waals surface area contributed by atoms with E-state index < -0.39 is 18.1 Å². The van der Waals surface area contributed by atoms with Gasteiger partial charge in [-0.1, -0.05) is 58.5 Å². The fraction of sp³-hybridized carbons (Fsp3) is 0.310. The van der Waals surface area contributed by atoms with E-state index in [-0.39, 0.29) is 39.3 Å². The second kappa shape index (κ2) is 16.7. The summed E-state index contributed by atoms with van der Waals surface area (Å²) in [5.41, 5.74) is 2.04. The molecule has 3 aromatic carbocycles. The minimum absolute atomic E-state index is 0.196. The topological polar surface area (TPSA) is 97.3 Å². The van der Waals surface area contributed by atoms with Gasteiger partial charge in [-0.2, -0.15) is 0 Å². The summed E-state index contributed by atoms with van der Waals surface area (Å²) in [6.07, 6.45) is -0.669. The van der Waals surface area contributed by atoms with Crippen LogP contribution in [-0.2, 0) is 27.3 Å². The van der Waals surface area contributed by atoms with Crippen molar-refractivity contribution in [2.75, 3.05) is 38.2 Å². The van der Waals surface area contributed by atoms with Crippen LogP contribution in [-0.4, -0.2) is 61.0 Å². The molecule has 1 unspecified atom stereocenters. The Morgan fingerprint density at radius 3 is 2.20 bits per heavy atom. The summed E-state index contributed by atoms with van der Waals surface area (Å²) >= 11 is 24.3. The van der Waals surface area contributed by atoms with Crippen molar-refractivity contribution in [1.82, 2.24) is 4.90 Å². The van der Waals surface area contributed by atoms with Gasteiger partial charge in [-0.25, -0.2) is 9.59 Å². The molecule has 0 fully saturated rings. The van der Waals surface area contributed by atoms with Gasteiger partial charge in [0, 0.05) is 34.6 Å². The zero-order valence-corrected chi connectivity index (χ0v) is 25.3. The van der Waals surface area contributed by atoms with Crippen molar-refractivity contribution in [3.05, 3.63) is 91.9 Å². The van der Waals surface area contributed by atoms with Crippen LogP contribution >= 0.6 is 46.4 Å². The molecule has 0 saturated heterocycles.